The average molecular weight is 372 g/mol. The Kier molecular flexibility index (Phi) is 6.15. The highest BCUT2D eigenvalue weighted by Crippen LogP contribution is 2.30. The number of amides is 1. The SMILES string of the molecule is CC(C)(C)C(=O)Nc1ccccc1SC(=O)Cc1cccc([N+](=O)[O-])c1. The number of nitro benzene ring substituents is 1. The molecule has 0 spiro atoms. The molecule has 2 aromatic carbocycles. The van der Waals surface area contributed by atoms with E-state index in [1.165, 1.54) is 12.1 Å². The van der Waals surface area contributed by atoms with Crippen LogP contribution in [0.3, 0.4) is 0 Å². The van der Waals surface area contributed by atoms with Gasteiger partial charge in [-0.05, 0) is 29.5 Å². The van der Waals surface area contributed by atoms with Crippen molar-refractivity contribution < 1.29 is 14.5 Å². The smallest absolute Gasteiger partial charge is 0.269 e. The molecule has 2 rings (SSSR count). The molecule has 0 bridgehead atoms. The Bertz CT molecular complexity index is 843. The first kappa shape index (κ1) is 19.7. The predicted molar refractivity (Wildman–Crippen MR) is 102 cm³/mol. The molecule has 0 unspecified atom stereocenters. The van der Waals surface area contributed by atoms with Crippen molar-refractivity contribution in [3.8, 4) is 0 Å². The Labute approximate surface area is 156 Å². The van der Waals surface area contributed by atoms with E-state index in [9.17, 15) is 19.7 Å². The van der Waals surface area contributed by atoms with Gasteiger partial charge in [-0.15, -0.1) is 0 Å². The molecule has 7 heteroatoms. The van der Waals surface area contributed by atoms with Crippen LogP contribution in [0, 0.1) is 15.5 Å². The first-order chi connectivity index (χ1) is 12.2. The zero-order valence-electron chi connectivity index (χ0n) is 14.8. The minimum Gasteiger partial charge on any atom is -0.325 e. The van der Waals surface area contributed by atoms with Crippen LogP contribution in [-0.2, 0) is 16.0 Å². The zero-order valence-corrected chi connectivity index (χ0v) is 15.6. The summed E-state index contributed by atoms with van der Waals surface area (Å²) in [6.45, 7) is 5.43. The minimum absolute atomic E-state index is 0.0434. The van der Waals surface area contributed by atoms with Gasteiger partial charge in [0.05, 0.1) is 10.6 Å². The van der Waals surface area contributed by atoms with Gasteiger partial charge >= 0.3 is 0 Å². The Morgan fingerprint density at radius 2 is 1.81 bits per heavy atom. The van der Waals surface area contributed by atoms with Crippen LogP contribution in [0.1, 0.15) is 26.3 Å². The summed E-state index contributed by atoms with van der Waals surface area (Å²) in [6.07, 6.45) is 0.0634. The highest BCUT2D eigenvalue weighted by atomic mass is 32.2. The average Bonchev–Trinajstić information content (AvgIpc) is 2.55. The number of hydrogen-bond donors (Lipinski definition) is 1. The molecule has 0 heterocycles. The van der Waals surface area contributed by atoms with Crippen molar-refractivity contribution in [1.29, 1.82) is 0 Å². The van der Waals surface area contributed by atoms with Crippen molar-refractivity contribution >= 4 is 34.2 Å². The summed E-state index contributed by atoms with van der Waals surface area (Å²) in [5, 5.41) is 13.5. The Hall–Kier alpha value is -2.67. The number of nitrogens with zero attached hydrogens (tertiary/aromatic N) is 1. The van der Waals surface area contributed by atoms with E-state index in [1.807, 2.05) is 20.8 Å². The maximum Gasteiger partial charge on any atom is 0.269 e. The fourth-order valence-corrected chi connectivity index (χ4v) is 2.93. The number of non-ortho nitro benzene ring substituents is 1. The van der Waals surface area contributed by atoms with E-state index in [2.05, 4.69) is 5.32 Å². The number of benzene rings is 2. The van der Waals surface area contributed by atoms with Crippen LogP contribution in [0.25, 0.3) is 0 Å². The topological polar surface area (TPSA) is 89.3 Å². The molecule has 0 atom stereocenters. The molecule has 0 saturated heterocycles. The van der Waals surface area contributed by atoms with Crippen LogP contribution in [0.5, 0.6) is 0 Å². The number of para-hydroxylation sites is 1. The largest absolute Gasteiger partial charge is 0.325 e. The normalized spacial score (nSPS) is 11.0. The van der Waals surface area contributed by atoms with Crippen molar-refractivity contribution in [1.82, 2.24) is 0 Å². The van der Waals surface area contributed by atoms with Gasteiger partial charge in [-0.25, -0.2) is 0 Å². The third kappa shape index (κ3) is 5.42. The lowest BCUT2D eigenvalue weighted by atomic mass is 9.95. The third-order valence-electron chi connectivity index (χ3n) is 3.51. The number of hydrogen-bond acceptors (Lipinski definition) is 5. The van der Waals surface area contributed by atoms with Gasteiger partial charge in [-0.1, -0.05) is 45.0 Å². The molecule has 6 nitrogen and oxygen atoms in total. The molecular formula is C19H20N2O4S. The second-order valence-electron chi connectivity index (χ2n) is 6.78. The summed E-state index contributed by atoms with van der Waals surface area (Å²) in [6, 6.07) is 13.1. The Morgan fingerprint density at radius 3 is 2.46 bits per heavy atom. The zero-order chi connectivity index (χ0) is 19.3. The second-order valence-corrected chi connectivity index (χ2v) is 7.88. The molecular weight excluding hydrogens is 352 g/mol. The van der Waals surface area contributed by atoms with Crippen molar-refractivity contribution in [2.24, 2.45) is 5.41 Å². The van der Waals surface area contributed by atoms with Crippen molar-refractivity contribution in [3.05, 3.63) is 64.2 Å². The van der Waals surface area contributed by atoms with E-state index >= 15 is 0 Å². The van der Waals surface area contributed by atoms with Crippen LogP contribution in [0.2, 0.25) is 0 Å². The molecule has 0 aromatic heterocycles. The molecule has 1 N–H and O–H groups in total. The maximum atomic E-state index is 12.4. The predicted octanol–water partition coefficient (Wildman–Crippen LogP) is 4.44. The summed E-state index contributed by atoms with van der Waals surface area (Å²) in [7, 11) is 0. The molecule has 1 amide bonds. The van der Waals surface area contributed by atoms with Gasteiger partial charge in [-0.3, -0.25) is 19.7 Å². The molecule has 0 aliphatic heterocycles. The molecule has 0 fully saturated rings. The van der Waals surface area contributed by atoms with Gasteiger partial charge in [0.15, 0.2) is 5.12 Å². The standard InChI is InChI=1S/C19H20N2O4S/c1-19(2,3)18(23)20-15-9-4-5-10-16(15)26-17(22)12-13-7-6-8-14(11-13)21(24)25/h4-11H,12H2,1-3H3,(H,20,23). The van der Waals surface area contributed by atoms with Crippen LogP contribution < -0.4 is 5.32 Å². The van der Waals surface area contributed by atoms with Crippen molar-refractivity contribution in [2.45, 2.75) is 32.1 Å². The molecule has 2 aromatic rings. The number of nitro groups is 1. The monoisotopic (exact) mass is 372 g/mol. The number of thioether (sulfide) groups is 1. The van der Waals surface area contributed by atoms with Gasteiger partial charge in [0.2, 0.25) is 5.91 Å². The third-order valence-corrected chi connectivity index (χ3v) is 4.46. The number of anilines is 1. The van der Waals surface area contributed by atoms with E-state index in [1.54, 1.807) is 36.4 Å². The van der Waals surface area contributed by atoms with E-state index in [4.69, 9.17) is 0 Å². The summed E-state index contributed by atoms with van der Waals surface area (Å²) < 4.78 is 0. The lowest BCUT2D eigenvalue weighted by Crippen LogP contribution is -2.27. The molecule has 0 radical (unpaired) electrons. The summed E-state index contributed by atoms with van der Waals surface area (Å²) >= 11 is 1.01. The van der Waals surface area contributed by atoms with Crippen LogP contribution in [-0.4, -0.2) is 15.9 Å². The summed E-state index contributed by atoms with van der Waals surface area (Å²) in [5.74, 6) is -0.142. The fourth-order valence-electron chi connectivity index (χ4n) is 2.07. The first-order valence-electron chi connectivity index (χ1n) is 8.01. The van der Waals surface area contributed by atoms with E-state index < -0.39 is 10.3 Å². The van der Waals surface area contributed by atoms with Gasteiger partial charge in [-0.2, -0.15) is 0 Å². The number of carbonyl (C=O) groups is 2. The van der Waals surface area contributed by atoms with Gasteiger partial charge < -0.3 is 5.32 Å². The molecule has 0 saturated carbocycles. The molecule has 26 heavy (non-hydrogen) atoms. The van der Waals surface area contributed by atoms with Gasteiger partial charge in [0.25, 0.3) is 5.69 Å². The summed E-state index contributed by atoms with van der Waals surface area (Å²) in [5.41, 5.74) is 0.556. The highest BCUT2D eigenvalue weighted by Gasteiger charge is 2.22. The quantitative estimate of drug-likeness (QED) is 0.476. The highest BCUT2D eigenvalue weighted by molar-refractivity contribution is 8.13. The van der Waals surface area contributed by atoms with E-state index in [0.717, 1.165) is 11.8 Å². The molecule has 0 aliphatic rings. The second kappa shape index (κ2) is 8.14. The number of rotatable bonds is 5. The number of carbonyl (C=O) groups excluding carboxylic acids is 2. The first-order valence-corrected chi connectivity index (χ1v) is 8.83. The van der Waals surface area contributed by atoms with Gasteiger partial charge in [0.1, 0.15) is 0 Å². The van der Waals surface area contributed by atoms with Crippen LogP contribution in [0.15, 0.2) is 53.4 Å². The minimum atomic E-state index is -0.551. The Morgan fingerprint density at radius 1 is 1.12 bits per heavy atom. The van der Waals surface area contributed by atoms with Crippen LogP contribution in [0.4, 0.5) is 11.4 Å². The Balaban J connectivity index is 2.11. The maximum absolute atomic E-state index is 12.4. The lowest BCUT2D eigenvalue weighted by Gasteiger charge is -2.19. The van der Waals surface area contributed by atoms with Crippen molar-refractivity contribution in [3.63, 3.8) is 0 Å². The van der Waals surface area contributed by atoms with Crippen molar-refractivity contribution in [2.75, 3.05) is 5.32 Å². The molecule has 136 valence electrons. The van der Waals surface area contributed by atoms with E-state index in [-0.39, 0.29) is 23.1 Å². The lowest BCUT2D eigenvalue weighted by molar-refractivity contribution is -0.384. The number of nitrogens with one attached hydrogen (secondary N) is 1. The van der Waals surface area contributed by atoms with E-state index in [0.29, 0.717) is 16.1 Å². The summed E-state index contributed by atoms with van der Waals surface area (Å²) in [4.78, 5) is 35.6. The fraction of sp³-hybridized carbons (Fsp3) is 0.263. The van der Waals surface area contributed by atoms with Crippen LogP contribution >= 0.6 is 11.8 Å². The van der Waals surface area contributed by atoms with Gasteiger partial charge in [0, 0.05) is 28.9 Å². The molecule has 0 aliphatic carbocycles.